The van der Waals surface area contributed by atoms with Crippen LogP contribution in [0.3, 0.4) is 0 Å². The van der Waals surface area contributed by atoms with Gasteiger partial charge in [-0.15, -0.1) is 10.2 Å². The molecule has 2 rings (SSSR count). The first kappa shape index (κ1) is 15.8. The molecule has 1 aromatic heterocycles. The number of hydrogen-bond donors (Lipinski definition) is 1. The van der Waals surface area contributed by atoms with Crippen LogP contribution in [0.2, 0.25) is 5.02 Å². The van der Waals surface area contributed by atoms with Crippen molar-refractivity contribution < 1.29 is 13.9 Å². The van der Waals surface area contributed by atoms with E-state index < -0.39 is 0 Å². The van der Waals surface area contributed by atoms with E-state index in [1.807, 2.05) is 18.2 Å². The number of hydrogen-bond acceptors (Lipinski definition) is 6. The van der Waals surface area contributed by atoms with E-state index in [0.717, 1.165) is 12.1 Å². The van der Waals surface area contributed by atoms with E-state index in [2.05, 4.69) is 15.5 Å². The summed E-state index contributed by atoms with van der Waals surface area (Å²) < 4.78 is 16.0. The fraction of sp³-hybridized carbons (Fsp3) is 0.429. The highest BCUT2D eigenvalue weighted by atomic mass is 35.5. The van der Waals surface area contributed by atoms with Gasteiger partial charge >= 0.3 is 0 Å². The van der Waals surface area contributed by atoms with Gasteiger partial charge in [0.25, 0.3) is 5.89 Å². The summed E-state index contributed by atoms with van der Waals surface area (Å²) in [7, 11) is 1.66. The van der Waals surface area contributed by atoms with Gasteiger partial charge in [-0.3, -0.25) is 0 Å². The molecule has 0 fully saturated rings. The summed E-state index contributed by atoms with van der Waals surface area (Å²) in [5.74, 6) is 1.65. The number of ether oxygens (including phenoxy) is 2. The Hall–Kier alpha value is -1.63. The number of nitrogens with one attached hydrogen (secondary N) is 1. The molecule has 1 aromatic carbocycles. The van der Waals surface area contributed by atoms with E-state index >= 15 is 0 Å². The van der Waals surface area contributed by atoms with Crippen LogP contribution in [-0.4, -0.2) is 30.5 Å². The molecule has 0 aliphatic carbocycles. The zero-order valence-corrected chi connectivity index (χ0v) is 12.8. The molecule has 0 amide bonds. The summed E-state index contributed by atoms with van der Waals surface area (Å²) >= 11 is 6.23. The van der Waals surface area contributed by atoms with E-state index in [1.54, 1.807) is 14.0 Å². The molecule has 0 spiro atoms. The van der Waals surface area contributed by atoms with Crippen molar-refractivity contribution in [3.63, 3.8) is 0 Å². The summed E-state index contributed by atoms with van der Waals surface area (Å²) in [6.45, 7) is 3.93. The molecule has 1 N–H and O–H groups in total. The van der Waals surface area contributed by atoms with Crippen LogP contribution in [0, 0.1) is 6.92 Å². The number of benzene rings is 1. The highest BCUT2D eigenvalue weighted by Gasteiger charge is 2.10. The number of aromatic nitrogens is 2. The third kappa shape index (κ3) is 4.70. The van der Waals surface area contributed by atoms with Crippen LogP contribution < -0.4 is 10.1 Å². The summed E-state index contributed by atoms with van der Waals surface area (Å²) in [6.07, 6.45) is 0. The number of rotatable bonds is 8. The van der Waals surface area contributed by atoms with Crippen LogP contribution in [0.25, 0.3) is 0 Å². The summed E-state index contributed by atoms with van der Waals surface area (Å²) in [5.41, 5.74) is 0.895. The molecule has 21 heavy (non-hydrogen) atoms. The van der Waals surface area contributed by atoms with E-state index in [-0.39, 0.29) is 6.61 Å². The summed E-state index contributed by atoms with van der Waals surface area (Å²) in [4.78, 5) is 0. The first-order valence-corrected chi connectivity index (χ1v) is 6.97. The van der Waals surface area contributed by atoms with Crippen molar-refractivity contribution >= 4 is 11.6 Å². The molecule has 0 saturated heterocycles. The van der Waals surface area contributed by atoms with Gasteiger partial charge in [0.05, 0.1) is 6.61 Å². The van der Waals surface area contributed by atoms with E-state index in [1.165, 1.54) is 0 Å². The quantitative estimate of drug-likeness (QED) is 0.755. The molecule has 0 atom stereocenters. The van der Waals surface area contributed by atoms with Gasteiger partial charge < -0.3 is 19.2 Å². The third-order valence-corrected chi connectivity index (χ3v) is 3.13. The molecule has 6 nitrogen and oxygen atoms in total. The van der Waals surface area contributed by atoms with Crippen molar-refractivity contribution in [3.05, 3.63) is 40.6 Å². The van der Waals surface area contributed by atoms with Crippen LogP contribution in [-0.2, 0) is 17.9 Å². The lowest BCUT2D eigenvalue weighted by atomic mass is 10.2. The monoisotopic (exact) mass is 311 g/mol. The van der Waals surface area contributed by atoms with Crippen molar-refractivity contribution in [1.82, 2.24) is 15.5 Å². The van der Waals surface area contributed by atoms with Crippen molar-refractivity contribution in [3.8, 4) is 5.75 Å². The highest BCUT2D eigenvalue weighted by molar-refractivity contribution is 6.31. The average molecular weight is 312 g/mol. The van der Waals surface area contributed by atoms with Crippen molar-refractivity contribution in [2.24, 2.45) is 0 Å². The zero-order chi connectivity index (χ0) is 15.1. The maximum Gasteiger partial charge on any atom is 0.253 e. The number of methoxy groups -OCH3 is 1. The van der Waals surface area contributed by atoms with Gasteiger partial charge in [0.2, 0.25) is 5.89 Å². The normalized spacial score (nSPS) is 10.8. The highest BCUT2D eigenvalue weighted by Crippen LogP contribution is 2.26. The standard InChI is InChI=1S/C14H18ClN3O3/c1-10-17-18-14(21-10)9-20-13-5-3-4-12(15)11(13)8-16-6-7-19-2/h3-5,16H,6-9H2,1-2H3. The SMILES string of the molecule is COCCNCc1c(Cl)cccc1OCc1nnc(C)o1. The molecule has 0 saturated carbocycles. The van der Waals surface area contributed by atoms with Crippen LogP contribution in [0.15, 0.2) is 22.6 Å². The van der Waals surface area contributed by atoms with Crippen LogP contribution in [0.1, 0.15) is 17.3 Å². The van der Waals surface area contributed by atoms with Gasteiger partial charge in [0.1, 0.15) is 5.75 Å². The Bertz CT molecular complexity index is 574. The second-order valence-electron chi connectivity index (χ2n) is 4.39. The smallest absolute Gasteiger partial charge is 0.253 e. The molecule has 0 radical (unpaired) electrons. The lowest BCUT2D eigenvalue weighted by molar-refractivity contribution is 0.199. The van der Waals surface area contributed by atoms with Gasteiger partial charge in [-0.2, -0.15) is 0 Å². The fourth-order valence-corrected chi connectivity index (χ4v) is 2.00. The van der Waals surface area contributed by atoms with Gasteiger partial charge in [0, 0.05) is 37.7 Å². The lowest BCUT2D eigenvalue weighted by Crippen LogP contribution is -2.19. The minimum Gasteiger partial charge on any atom is -0.483 e. The molecule has 0 aliphatic rings. The van der Waals surface area contributed by atoms with Crippen molar-refractivity contribution in [1.29, 1.82) is 0 Å². The van der Waals surface area contributed by atoms with E-state index in [0.29, 0.717) is 35.7 Å². The predicted octanol–water partition coefficient (Wildman–Crippen LogP) is 2.35. The average Bonchev–Trinajstić information content (AvgIpc) is 2.89. The Morgan fingerprint density at radius 2 is 2.19 bits per heavy atom. The molecular weight excluding hydrogens is 294 g/mol. The van der Waals surface area contributed by atoms with Crippen LogP contribution >= 0.6 is 11.6 Å². The Balaban J connectivity index is 1.99. The Kier molecular flexibility index (Phi) is 5.98. The molecule has 0 unspecified atom stereocenters. The summed E-state index contributed by atoms with van der Waals surface area (Å²) in [5, 5.41) is 11.5. The van der Waals surface area contributed by atoms with Crippen LogP contribution in [0.5, 0.6) is 5.75 Å². The Morgan fingerprint density at radius 1 is 1.33 bits per heavy atom. The summed E-state index contributed by atoms with van der Waals surface area (Å²) in [6, 6.07) is 5.54. The lowest BCUT2D eigenvalue weighted by Gasteiger charge is -2.12. The molecule has 1 heterocycles. The number of halogens is 1. The van der Waals surface area contributed by atoms with Crippen molar-refractivity contribution in [2.75, 3.05) is 20.3 Å². The topological polar surface area (TPSA) is 69.4 Å². The third-order valence-electron chi connectivity index (χ3n) is 2.78. The first-order chi connectivity index (χ1) is 10.2. The minimum absolute atomic E-state index is 0.215. The van der Waals surface area contributed by atoms with Crippen LogP contribution in [0.4, 0.5) is 0 Å². The van der Waals surface area contributed by atoms with Crippen molar-refractivity contribution in [2.45, 2.75) is 20.1 Å². The second kappa shape index (κ2) is 7.97. The van der Waals surface area contributed by atoms with Gasteiger partial charge in [-0.05, 0) is 12.1 Å². The minimum atomic E-state index is 0.215. The number of aryl methyl sites for hydroxylation is 1. The predicted molar refractivity (Wildman–Crippen MR) is 78.4 cm³/mol. The zero-order valence-electron chi connectivity index (χ0n) is 12.1. The molecular formula is C14H18ClN3O3. The van der Waals surface area contributed by atoms with E-state index in [9.17, 15) is 0 Å². The molecule has 114 valence electrons. The molecule has 2 aromatic rings. The molecule has 0 aliphatic heterocycles. The maximum absolute atomic E-state index is 6.23. The fourth-order valence-electron chi connectivity index (χ4n) is 1.77. The Morgan fingerprint density at radius 3 is 2.90 bits per heavy atom. The number of nitrogens with zero attached hydrogens (tertiary/aromatic N) is 2. The van der Waals surface area contributed by atoms with Gasteiger partial charge in [-0.1, -0.05) is 17.7 Å². The first-order valence-electron chi connectivity index (χ1n) is 6.59. The van der Waals surface area contributed by atoms with E-state index in [4.69, 9.17) is 25.5 Å². The molecule has 0 bridgehead atoms. The van der Waals surface area contributed by atoms with Gasteiger partial charge in [0.15, 0.2) is 6.61 Å². The molecule has 7 heteroatoms. The second-order valence-corrected chi connectivity index (χ2v) is 4.80. The van der Waals surface area contributed by atoms with Gasteiger partial charge in [-0.25, -0.2) is 0 Å². The largest absolute Gasteiger partial charge is 0.483 e. The maximum atomic E-state index is 6.23. The Labute approximate surface area is 128 Å².